The van der Waals surface area contributed by atoms with Crippen LogP contribution in [-0.4, -0.2) is 37.3 Å². The molecule has 8 heteroatoms. The van der Waals surface area contributed by atoms with E-state index >= 15 is 0 Å². The minimum atomic E-state index is -0.0808. The van der Waals surface area contributed by atoms with Crippen molar-refractivity contribution in [2.75, 3.05) is 25.2 Å². The topological polar surface area (TPSA) is 51.7 Å². The monoisotopic (exact) mass is 450 g/mol. The number of halogens is 2. The third kappa shape index (κ3) is 4.36. The number of rotatable bonds is 6. The van der Waals surface area contributed by atoms with Crippen LogP contribution in [0.1, 0.15) is 18.4 Å². The molecule has 5 nitrogen and oxygen atoms in total. The van der Waals surface area contributed by atoms with Gasteiger partial charge in [0.2, 0.25) is 5.91 Å². The molecular formula is C21H20Cl2N2O3S. The SMILES string of the molecule is COc1ccc(Cl)c2sc(N(CC3CCCO3)C(=O)Cc3ccccc3Cl)nc12. The van der Waals surface area contributed by atoms with Gasteiger partial charge in [-0.2, -0.15) is 0 Å². The van der Waals surface area contributed by atoms with Crippen molar-refractivity contribution in [2.45, 2.75) is 25.4 Å². The molecule has 2 aromatic carbocycles. The van der Waals surface area contributed by atoms with Gasteiger partial charge in [-0.15, -0.1) is 0 Å². The van der Waals surface area contributed by atoms with Crippen LogP contribution in [0, 0.1) is 0 Å². The molecule has 2 heterocycles. The van der Waals surface area contributed by atoms with Gasteiger partial charge in [0.1, 0.15) is 11.3 Å². The fourth-order valence-electron chi connectivity index (χ4n) is 3.40. The highest BCUT2D eigenvalue weighted by Gasteiger charge is 2.27. The summed E-state index contributed by atoms with van der Waals surface area (Å²) in [6.45, 7) is 1.17. The van der Waals surface area contributed by atoms with Crippen LogP contribution in [0.5, 0.6) is 5.75 Å². The summed E-state index contributed by atoms with van der Waals surface area (Å²) < 4.78 is 12.0. The lowest BCUT2D eigenvalue weighted by Gasteiger charge is -2.23. The molecule has 29 heavy (non-hydrogen) atoms. The van der Waals surface area contributed by atoms with Crippen LogP contribution in [0.15, 0.2) is 36.4 Å². The number of carbonyl (C=O) groups is 1. The predicted octanol–water partition coefficient (Wildman–Crippen LogP) is 5.37. The molecule has 3 aromatic rings. The van der Waals surface area contributed by atoms with E-state index < -0.39 is 0 Å². The highest BCUT2D eigenvalue weighted by molar-refractivity contribution is 7.23. The molecule has 152 valence electrons. The number of hydrogen-bond acceptors (Lipinski definition) is 5. The third-order valence-electron chi connectivity index (χ3n) is 4.91. The number of methoxy groups -OCH3 is 1. The van der Waals surface area contributed by atoms with Crippen LogP contribution >= 0.6 is 34.5 Å². The van der Waals surface area contributed by atoms with Crippen LogP contribution in [0.25, 0.3) is 10.2 Å². The van der Waals surface area contributed by atoms with E-state index in [0.717, 1.165) is 29.7 Å². The van der Waals surface area contributed by atoms with Gasteiger partial charge in [0, 0.05) is 11.6 Å². The number of benzene rings is 2. The van der Waals surface area contributed by atoms with E-state index in [2.05, 4.69) is 0 Å². The molecule has 1 aliphatic heterocycles. The lowest BCUT2D eigenvalue weighted by molar-refractivity contribution is -0.118. The van der Waals surface area contributed by atoms with E-state index in [1.165, 1.54) is 11.3 Å². The number of hydrogen-bond donors (Lipinski definition) is 0. The van der Waals surface area contributed by atoms with Crippen molar-refractivity contribution < 1.29 is 14.3 Å². The van der Waals surface area contributed by atoms with Gasteiger partial charge in [-0.3, -0.25) is 9.69 Å². The molecule has 1 saturated heterocycles. The Morgan fingerprint density at radius 1 is 1.28 bits per heavy atom. The zero-order valence-corrected chi connectivity index (χ0v) is 18.2. The van der Waals surface area contributed by atoms with Gasteiger partial charge >= 0.3 is 0 Å². The lowest BCUT2D eigenvalue weighted by Crippen LogP contribution is -2.38. The first-order valence-electron chi connectivity index (χ1n) is 9.35. The Morgan fingerprint density at radius 2 is 2.10 bits per heavy atom. The zero-order valence-electron chi connectivity index (χ0n) is 15.9. The van der Waals surface area contributed by atoms with Gasteiger partial charge in [-0.05, 0) is 36.6 Å². The molecule has 0 N–H and O–H groups in total. The molecule has 0 saturated carbocycles. The molecule has 1 amide bonds. The summed E-state index contributed by atoms with van der Waals surface area (Å²) in [7, 11) is 1.59. The van der Waals surface area contributed by atoms with Crippen molar-refractivity contribution in [1.29, 1.82) is 0 Å². The molecule has 0 bridgehead atoms. The van der Waals surface area contributed by atoms with Crippen molar-refractivity contribution >= 4 is 55.8 Å². The van der Waals surface area contributed by atoms with E-state index in [0.29, 0.717) is 33.0 Å². The Balaban J connectivity index is 1.70. The fourth-order valence-corrected chi connectivity index (χ4v) is 4.89. The zero-order chi connectivity index (χ0) is 20.4. The number of thiazole rings is 1. The van der Waals surface area contributed by atoms with E-state index in [9.17, 15) is 4.79 Å². The van der Waals surface area contributed by atoms with Crippen molar-refractivity contribution in [3.8, 4) is 5.75 Å². The highest BCUT2D eigenvalue weighted by Crippen LogP contribution is 2.39. The number of fused-ring (bicyclic) bond motifs is 1. The number of ether oxygens (including phenoxy) is 2. The lowest BCUT2D eigenvalue weighted by atomic mass is 10.1. The maximum absolute atomic E-state index is 13.3. The molecule has 0 radical (unpaired) electrons. The summed E-state index contributed by atoms with van der Waals surface area (Å²) in [6, 6.07) is 10.9. The quantitative estimate of drug-likeness (QED) is 0.506. The summed E-state index contributed by atoms with van der Waals surface area (Å²) in [6.07, 6.45) is 2.10. The number of nitrogens with zero attached hydrogens (tertiary/aromatic N) is 2. The summed E-state index contributed by atoms with van der Waals surface area (Å²) in [5, 5.41) is 1.74. The number of anilines is 1. The van der Waals surface area contributed by atoms with Crippen molar-refractivity contribution in [2.24, 2.45) is 0 Å². The summed E-state index contributed by atoms with van der Waals surface area (Å²) >= 11 is 14.0. The summed E-state index contributed by atoms with van der Waals surface area (Å²) in [4.78, 5) is 19.7. The molecule has 0 spiro atoms. The predicted molar refractivity (Wildman–Crippen MR) is 118 cm³/mol. The normalized spacial score (nSPS) is 16.3. The highest BCUT2D eigenvalue weighted by atomic mass is 35.5. The molecule has 1 atom stereocenters. The van der Waals surface area contributed by atoms with Crippen LogP contribution < -0.4 is 9.64 Å². The van der Waals surface area contributed by atoms with Gasteiger partial charge in [0.05, 0.1) is 35.9 Å². The van der Waals surface area contributed by atoms with Gasteiger partial charge in [-0.1, -0.05) is 52.7 Å². The largest absolute Gasteiger partial charge is 0.494 e. The molecule has 0 aliphatic carbocycles. The molecule has 1 fully saturated rings. The first-order chi connectivity index (χ1) is 14.1. The standard InChI is InChI=1S/C21H20Cl2N2O3S/c1-27-17-9-8-16(23)20-19(17)24-21(29-20)25(12-14-6-4-10-28-14)18(26)11-13-5-2-3-7-15(13)22/h2-3,5,7-9,14H,4,6,10-12H2,1H3. The summed E-state index contributed by atoms with van der Waals surface area (Å²) in [5.74, 6) is 0.547. The number of carbonyl (C=O) groups excluding carboxylic acids is 1. The Morgan fingerprint density at radius 3 is 2.83 bits per heavy atom. The minimum absolute atomic E-state index is 0.00502. The average molecular weight is 451 g/mol. The van der Waals surface area contributed by atoms with E-state index in [1.807, 2.05) is 18.2 Å². The van der Waals surface area contributed by atoms with E-state index in [-0.39, 0.29) is 18.4 Å². The maximum Gasteiger partial charge on any atom is 0.233 e. The van der Waals surface area contributed by atoms with Crippen LogP contribution in [-0.2, 0) is 16.0 Å². The molecule has 1 unspecified atom stereocenters. The van der Waals surface area contributed by atoms with Crippen molar-refractivity contribution in [1.82, 2.24) is 4.98 Å². The second-order valence-electron chi connectivity index (χ2n) is 6.83. The Bertz CT molecular complexity index is 1030. The Kier molecular flexibility index (Phi) is 6.25. The van der Waals surface area contributed by atoms with E-state index in [4.69, 9.17) is 37.7 Å². The van der Waals surface area contributed by atoms with Gasteiger partial charge in [0.15, 0.2) is 5.13 Å². The van der Waals surface area contributed by atoms with Crippen molar-refractivity contribution in [3.05, 3.63) is 52.0 Å². The van der Waals surface area contributed by atoms with Crippen LogP contribution in [0.4, 0.5) is 5.13 Å². The molecule has 1 aromatic heterocycles. The number of aromatic nitrogens is 1. The van der Waals surface area contributed by atoms with Gasteiger partial charge in [0.25, 0.3) is 0 Å². The fraction of sp³-hybridized carbons (Fsp3) is 0.333. The van der Waals surface area contributed by atoms with Crippen LogP contribution in [0.2, 0.25) is 10.0 Å². The molecule has 4 rings (SSSR count). The van der Waals surface area contributed by atoms with Crippen molar-refractivity contribution in [3.63, 3.8) is 0 Å². The van der Waals surface area contributed by atoms with Crippen LogP contribution in [0.3, 0.4) is 0 Å². The van der Waals surface area contributed by atoms with Gasteiger partial charge < -0.3 is 9.47 Å². The second kappa shape index (κ2) is 8.88. The second-order valence-corrected chi connectivity index (χ2v) is 8.62. The molecule has 1 aliphatic rings. The maximum atomic E-state index is 13.3. The Hall–Kier alpha value is -1.86. The third-order valence-corrected chi connectivity index (χ3v) is 6.82. The first kappa shape index (κ1) is 20.4. The average Bonchev–Trinajstić information content (AvgIpc) is 3.38. The summed E-state index contributed by atoms with van der Waals surface area (Å²) in [5.41, 5.74) is 1.44. The van der Waals surface area contributed by atoms with Gasteiger partial charge in [-0.25, -0.2) is 4.98 Å². The first-order valence-corrected chi connectivity index (χ1v) is 10.9. The minimum Gasteiger partial charge on any atom is -0.494 e. The number of amides is 1. The van der Waals surface area contributed by atoms with E-state index in [1.54, 1.807) is 30.2 Å². The smallest absolute Gasteiger partial charge is 0.233 e. The molecular weight excluding hydrogens is 431 g/mol. The Labute approximate surface area is 183 Å².